The number of H-pyrrole nitrogens is 1. The minimum absolute atomic E-state index is 0.202. The van der Waals surface area contributed by atoms with Gasteiger partial charge in [-0.05, 0) is 37.1 Å². The molecule has 4 aromatic rings. The molecule has 0 atom stereocenters. The van der Waals surface area contributed by atoms with Crippen molar-refractivity contribution in [1.82, 2.24) is 30.0 Å². The van der Waals surface area contributed by atoms with Gasteiger partial charge in [-0.2, -0.15) is 0 Å². The van der Waals surface area contributed by atoms with Crippen molar-refractivity contribution in [2.45, 2.75) is 19.7 Å². The number of nitrogens with zero attached hydrogens (tertiary/aromatic N) is 5. The standard InChI is InChI=1S/C22H19F3N8O3/c1-12-3-4-13(31-21(34)33-5-2-6-35-33)7-16(12)32-19-15(8-14(9-26-19)36-22(23,24)25)17-18-20(29-10-27-17)30-11-28-18/h3-4,7-11H,2,5-6H2,1H3,(H,26,32)(H,31,34)(H,27,28,29,30). The van der Waals surface area contributed by atoms with Crippen molar-refractivity contribution in [3.63, 3.8) is 0 Å². The van der Waals surface area contributed by atoms with Gasteiger partial charge in [0.25, 0.3) is 0 Å². The molecule has 0 spiro atoms. The van der Waals surface area contributed by atoms with Gasteiger partial charge in [0.1, 0.15) is 29.1 Å². The van der Waals surface area contributed by atoms with Gasteiger partial charge in [-0.15, -0.1) is 13.2 Å². The maximum absolute atomic E-state index is 12.9. The number of hydrogen-bond acceptors (Lipinski definition) is 8. The zero-order valence-corrected chi connectivity index (χ0v) is 18.8. The average molecular weight is 500 g/mol. The molecule has 1 fully saturated rings. The molecule has 11 nitrogen and oxygen atoms in total. The molecule has 5 rings (SSSR count). The number of aromatic amines is 1. The summed E-state index contributed by atoms with van der Waals surface area (Å²) in [5.41, 5.74) is 3.07. The van der Waals surface area contributed by atoms with Crippen LogP contribution in [0.2, 0.25) is 0 Å². The minimum atomic E-state index is -4.90. The first-order valence-electron chi connectivity index (χ1n) is 10.8. The molecule has 1 saturated heterocycles. The largest absolute Gasteiger partial charge is 0.573 e. The first-order valence-corrected chi connectivity index (χ1v) is 10.8. The molecule has 36 heavy (non-hydrogen) atoms. The summed E-state index contributed by atoms with van der Waals surface area (Å²) < 4.78 is 42.7. The van der Waals surface area contributed by atoms with Crippen LogP contribution >= 0.6 is 0 Å². The number of carbonyl (C=O) groups is 1. The summed E-state index contributed by atoms with van der Waals surface area (Å²) in [6.45, 7) is 2.79. The van der Waals surface area contributed by atoms with E-state index in [9.17, 15) is 18.0 Å². The van der Waals surface area contributed by atoms with Gasteiger partial charge < -0.3 is 20.4 Å². The Labute approximate surface area is 201 Å². The van der Waals surface area contributed by atoms with E-state index >= 15 is 0 Å². The number of carbonyl (C=O) groups excluding carboxylic acids is 1. The van der Waals surface area contributed by atoms with Crippen molar-refractivity contribution < 1.29 is 27.5 Å². The Morgan fingerprint density at radius 1 is 1.19 bits per heavy atom. The molecule has 1 aliphatic rings. The summed E-state index contributed by atoms with van der Waals surface area (Å²) in [4.78, 5) is 37.1. The number of fused-ring (bicyclic) bond motifs is 1. The van der Waals surface area contributed by atoms with Crippen LogP contribution in [0.4, 0.5) is 35.2 Å². The van der Waals surface area contributed by atoms with Crippen LogP contribution in [0.1, 0.15) is 12.0 Å². The van der Waals surface area contributed by atoms with Gasteiger partial charge in [0.05, 0.1) is 25.7 Å². The second kappa shape index (κ2) is 9.30. The van der Waals surface area contributed by atoms with Crippen LogP contribution in [-0.4, -0.2) is 55.5 Å². The lowest BCUT2D eigenvalue weighted by molar-refractivity contribution is -0.274. The van der Waals surface area contributed by atoms with Gasteiger partial charge >= 0.3 is 12.4 Å². The molecule has 3 aromatic heterocycles. The van der Waals surface area contributed by atoms with E-state index in [1.54, 1.807) is 18.2 Å². The smallest absolute Gasteiger partial charge is 0.404 e. The fourth-order valence-corrected chi connectivity index (χ4v) is 3.64. The number of urea groups is 1. The number of amides is 2. The maximum atomic E-state index is 12.9. The van der Waals surface area contributed by atoms with E-state index in [0.29, 0.717) is 35.7 Å². The third kappa shape index (κ3) is 4.98. The van der Waals surface area contributed by atoms with Crippen LogP contribution in [0.25, 0.3) is 22.4 Å². The summed E-state index contributed by atoms with van der Waals surface area (Å²) in [6, 6.07) is 5.96. The maximum Gasteiger partial charge on any atom is 0.573 e. The van der Waals surface area contributed by atoms with Gasteiger partial charge in [0.15, 0.2) is 5.65 Å². The zero-order valence-electron chi connectivity index (χ0n) is 18.8. The molecule has 14 heteroatoms. The lowest BCUT2D eigenvalue weighted by atomic mass is 10.1. The molecule has 0 unspecified atom stereocenters. The number of rotatable bonds is 5. The highest BCUT2D eigenvalue weighted by Crippen LogP contribution is 2.36. The van der Waals surface area contributed by atoms with E-state index < -0.39 is 18.1 Å². The number of pyridine rings is 1. The van der Waals surface area contributed by atoms with Crippen LogP contribution in [-0.2, 0) is 4.84 Å². The van der Waals surface area contributed by atoms with Crippen molar-refractivity contribution in [2.75, 3.05) is 23.8 Å². The van der Waals surface area contributed by atoms with E-state index in [1.807, 2.05) is 6.92 Å². The number of ether oxygens (including phenoxy) is 1. The molecule has 4 heterocycles. The number of hydrogen-bond donors (Lipinski definition) is 3. The summed E-state index contributed by atoms with van der Waals surface area (Å²) in [5.74, 6) is -0.314. The van der Waals surface area contributed by atoms with E-state index in [0.717, 1.165) is 18.2 Å². The molecule has 0 bridgehead atoms. The van der Waals surface area contributed by atoms with E-state index in [2.05, 4.69) is 40.3 Å². The zero-order chi connectivity index (χ0) is 25.3. The minimum Gasteiger partial charge on any atom is -0.404 e. The monoisotopic (exact) mass is 500 g/mol. The highest BCUT2D eigenvalue weighted by Gasteiger charge is 2.32. The van der Waals surface area contributed by atoms with Gasteiger partial charge in [0.2, 0.25) is 0 Å². The molecule has 3 N–H and O–H groups in total. The van der Waals surface area contributed by atoms with Crippen molar-refractivity contribution >= 4 is 34.4 Å². The van der Waals surface area contributed by atoms with Crippen LogP contribution < -0.4 is 15.4 Å². The van der Waals surface area contributed by atoms with Crippen molar-refractivity contribution in [2.24, 2.45) is 0 Å². The van der Waals surface area contributed by atoms with Gasteiger partial charge in [-0.1, -0.05) is 6.07 Å². The summed E-state index contributed by atoms with van der Waals surface area (Å²) in [7, 11) is 0. The number of alkyl halides is 3. The van der Waals surface area contributed by atoms with Crippen LogP contribution in [0, 0.1) is 6.92 Å². The van der Waals surface area contributed by atoms with E-state index in [4.69, 9.17) is 4.84 Å². The molecule has 2 amide bonds. The molecule has 0 aliphatic carbocycles. The van der Waals surface area contributed by atoms with Crippen molar-refractivity contribution in [1.29, 1.82) is 0 Å². The average Bonchev–Trinajstić information content (AvgIpc) is 3.53. The molecule has 186 valence electrons. The van der Waals surface area contributed by atoms with Crippen molar-refractivity contribution in [3.05, 3.63) is 48.7 Å². The number of halogens is 3. The fraction of sp³-hybridized carbons (Fsp3) is 0.227. The summed E-state index contributed by atoms with van der Waals surface area (Å²) >= 11 is 0. The Kier molecular flexibility index (Phi) is 6.01. The predicted octanol–water partition coefficient (Wildman–Crippen LogP) is 4.53. The summed E-state index contributed by atoms with van der Waals surface area (Å²) in [6.07, 6.45) is -0.536. The lowest BCUT2D eigenvalue weighted by Gasteiger charge is -2.18. The third-order valence-electron chi connectivity index (χ3n) is 5.30. The molecule has 1 aromatic carbocycles. The Morgan fingerprint density at radius 3 is 2.83 bits per heavy atom. The number of imidazole rings is 1. The van der Waals surface area contributed by atoms with Gasteiger partial charge in [-0.3, -0.25) is 4.84 Å². The molecular weight excluding hydrogens is 481 g/mol. The number of benzene rings is 1. The predicted molar refractivity (Wildman–Crippen MR) is 122 cm³/mol. The van der Waals surface area contributed by atoms with Gasteiger partial charge in [0, 0.05) is 16.9 Å². The molecule has 1 aliphatic heterocycles. The molecule has 0 saturated carbocycles. The summed E-state index contributed by atoms with van der Waals surface area (Å²) in [5, 5.41) is 7.14. The number of aryl methyl sites for hydroxylation is 1. The first-order chi connectivity index (χ1) is 17.3. The second-order valence-electron chi connectivity index (χ2n) is 7.81. The molecule has 0 radical (unpaired) electrons. The third-order valence-corrected chi connectivity index (χ3v) is 5.30. The van der Waals surface area contributed by atoms with E-state index in [-0.39, 0.29) is 17.1 Å². The highest BCUT2D eigenvalue weighted by molar-refractivity contribution is 5.93. The highest BCUT2D eigenvalue weighted by atomic mass is 19.4. The number of aromatic nitrogens is 5. The van der Waals surface area contributed by atoms with E-state index in [1.165, 1.54) is 23.8 Å². The van der Waals surface area contributed by atoms with Crippen LogP contribution in [0.15, 0.2) is 43.1 Å². The normalized spacial score (nSPS) is 13.7. The Morgan fingerprint density at radius 2 is 2.06 bits per heavy atom. The topological polar surface area (TPSA) is 130 Å². The SMILES string of the molecule is Cc1ccc(NC(=O)N2CCCO2)cc1Nc1ncc(OC(F)(F)F)cc1-c1ncnc2nc[nH]c12. The van der Waals surface area contributed by atoms with Crippen molar-refractivity contribution in [3.8, 4) is 17.0 Å². The Bertz CT molecular complexity index is 1420. The quantitative estimate of drug-likeness (QED) is 0.364. The lowest BCUT2D eigenvalue weighted by Crippen LogP contribution is -2.31. The second-order valence-corrected chi connectivity index (χ2v) is 7.81. The Balaban J connectivity index is 1.51. The number of nitrogens with one attached hydrogen (secondary N) is 3. The Hall–Kier alpha value is -4.46. The molecular formula is C22H19F3N8O3. The number of hydroxylamine groups is 2. The van der Waals surface area contributed by atoms with Crippen LogP contribution in [0.3, 0.4) is 0 Å². The fourth-order valence-electron chi connectivity index (χ4n) is 3.64. The number of anilines is 3. The first kappa shape index (κ1) is 23.3. The van der Waals surface area contributed by atoms with Crippen LogP contribution in [0.5, 0.6) is 5.75 Å². The van der Waals surface area contributed by atoms with Gasteiger partial charge in [-0.25, -0.2) is 29.8 Å².